The van der Waals surface area contributed by atoms with Crippen LogP contribution in [0.5, 0.6) is 0 Å². The standard InChI is InChI=1S/C15H21ClN2O/c16-8-4-7-15(19)18-11-9-17(10-12-18)13-14-5-2-1-3-6-14/h1-3,5-6H,4,7-13H2. The first-order chi connectivity index (χ1) is 9.29. The maximum atomic E-state index is 11.9. The third kappa shape index (κ3) is 4.51. The summed E-state index contributed by atoms with van der Waals surface area (Å²) in [5, 5.41) is 0. The van der Waals surface area contributed by atoms with Gasteiger partial charge in [-0.15, -0.1) is 11.6 Å². The number of rotatable bonds is 5. The van der Waals surface area contributed by atoms with Gasteiger partial charge in [0.25, 0.3) is 0 Å². The fourth-order valence-electron chi connectivity index (χ4n) is 2.37. The lowest BCUT2D eigenvalue weighted by Crippen LogP contribution is -2.48. The molecule has 2 rings (SSSR count). The minimum absolute atomic E-state index is 0.250. The minimum Gasteiger partial charge on any atom is -0.340 e. The van der Waals surface area contributed by atoms with E-state index in [-0.39, 0.29) is 5.91 Å². The molecule has 0 aromatic heterocycles. The van der Waals surface area contributed by atoms with Crippen LogP contribution in [0.15, 0.2) is 30.3 Å². The average molecular weight is 281 g/mol. The number of carbonyl (C=O) groups is 1. The van der Waals surface area contributed by atoms with E-state index in [4.69, 9.17) is 11.6 Å². The molecule has 0 N–H and O–H groups in total. The van der Waals surface area contributed by atoms with Gasteiger partial charge < -0.3 is 4.90 Å². The van der Waals surface area contributed by atoms with Crippen molar-refractivity contribution >= 4 is 17.5 Å². The van der Waals surface area contributed by atoms with E-state index in [0.717, 1.165) is 39.1 Å². The Morgan fingerprint density at radius 1 is 1.11 bits per heavy atom. The summed E-state index contributed by atoms with van der Waals surface area (Å²) in [5.41, 5.74) is 1.34. The van der Waals surface area contributed by atoms with Gasteiger partial charge in [0.2, 0.25) is 5.91 Å². The first kappa shape index (κ1) is 14.4. The SMILES string of the molecule is O=C(CCCCl)N1CCN(Cc2ccccc2)CC1. The second kappa shape index (κ2) is 7.51. The van der Waals surface area contributed by atoms with Gasteiger partial charge in [0.05, 0.1) is 0 Å². The van der Waals surface area contributed by atoms with Gasteiger partial charge in [-0.05, 0) is 12.0 Å². The number of benzene rings is 1. The topological polar surface area (TPSA) is 23.6 Å². The molecular weight excluding hydrogens is 260 g/mol. The molecule has 0 aliphatic carbocycles. The number of hydrogen-bond acceptors (Lipinski definition) is 2. The van der Waals surface area contributed by atoms with Crippen molar-refractivity contribution in [3.63, 3.8) is 0 Å². The summed E-state index contributed by atoms with van der Waals surface area (Å²) in [7, 11) is 0. The number of hydrogen-bond donors (Lipinski definition) is 0. The molecule has 0 atom stereocenters. The molecule has 19 heavy (non-hydrogen) atoms. The molecule has 0 bridgehead atoms. The second-order valence-electron chi connectivity index (χ2n) is 4.94. The molecule has 1 saturated heterocycles. The molecular formula is C15H21ClN2O. The van der Waals surface area contributed by atoms with Crippen LogP contribution in [0, 0.1) is 0 Å². The highest BCUT2D eigenvalue weighted by atomic mass is 35.5. The summed E-state index contributed by atoms with van der Waals surface area (Å²) in [4.78, 5) is 16.2. The van der Waals surface area contributed by atoms with Crippen molar-refractivity contribution in [2.75, 3.05) is 32.1 Å². The quantitative estimate of drug-likeness (QED) is 0.773. The number of alkyl halides is 1. The highest BCUT2D eigenvalue weighted by molar-refractivity contribution is 6.17. The molecule has 0 unspecified atom stereocenters. The molecule has 3 nitrogen and oxygen atoms in total. The van der Waals surface area contributed by atoms with Crippen molar-refractivity contribution in [3.05, 3.63) is 35.9 Å². The smallest absolute Gasteiger partial charge is 0.222 e. The summed E-state index contributed by atoms with van der Waals surface area (Å²) in [6, 6.07) is 10.5. The van der Waals surface area contributed by atoms with Crippen molar-refractivity contribution in [1.82, 2.24) is 9.80 Å². The normalized spacial score (nSPS) is 16.6. The average Bonchev–Trinajstić information content (AvgIpc) is 2.46. The minimum atomic E-state index is 0.250. The molecule has 1 aliphatic heterocycles. The van der Waals surface area contributed by atoms with E-state index in [9.17, 15) is 4.79 Å². The fraction of sp³-hybridized carbons (Fsp3) is 0.533. The van der Waals surface area contributed by atoms with Gasteiger partial charge >= 0.3 is 0 Å². The van der Waals surface area contributed by atoms with Crippen LogP contribution in [-0.2, 0) is 11.3 Å². The van der Waals surface area contributed by atoms with Gasteiger partial charge in [-0.1, -0.05) is 30.3 Å². The molecule has 1 amide bonds. The van der Waals surface area contributed by atoms with Crippen LogP contribution < -0.4 is 0 Å². The van der Waals surface area contributed by atoms with Crippen molar-refractivity contribution in [2.45, 2.75) is 19.4 Å². The van der Waals surface area contributed by atoms with Gasteiger partial charge in [0.15, 0.2) is 0 Å². The van der Waals surface area contributed by atoms with E-state index in [0.29, 0.717) is 12.3 Å². The zero-order chi connectivity index (χ0) is 13.5. The van der Waals surface area contributed by atoms with Crippen molar-refractivity contribution in [3.8, 4) is 0 Å². The van der Waals surface area contributed by atoms with E-state index >= 15 is 0 Å². The van der Waals surface area contributed by atoms with Crippen LogP contribution in [-0.4, -0.2) is 47.8 Å². The zero-order valence-electron chi connectivity index (χ0n) is 11.2. The molecule has 4 heteroatoms. The van der Waals surface area contributed by atoms with E-state index in [1.807, 2.05) is 11.0 Å². The summed E-state index contributed by atoms with van der Waals surface area (Å²) in [6.45, 7) is 4.58. The summed E-state index contributed by atoms with van der Waals surface area (Å²) >= 11 is 5.62. The lowest BCUT2D eigenvalue weighted by atomic mass is 10.2. The lowest BCUT2D eigenvalue weighted by molar-refractivity contribution is -0.133. The third-order valence-electron chi connectivity index (χ3n) is 3.50. The summed E-state index contributed by atoms with van der Waals surface area (Å²) in [5.74, 6) is 0.819. The van der Waals surface area contributed by atoms with Crippen LogP contribution in [0.2, 0.25) is 0 Å². The first-order valence-electron chi connectivity index (χ1n) is 6.89. The van der Waals surface area contributed by atoms with Crippen LogP contribution in [0.25, 0.3) is 0 Å². The summed E-state index contributed by atoms with van der Waals surface area (Å²) < 4.78 is 0. The molecule has 0 saturated carbocycles. The molecule has 1 aromatic rings. The Bertz CT molecular complexity index is 388. The van der Waals surface area contributed by atoms with E-state index in [1.165, 1.54) is 5.56 Å². The Kier molecular flexibility index (Phi) is 5.67. The molecule has 1 aromatic carbocycles. The molecule has 1 fully saturated rings. The number of halogens is 1. The Hall–Kier alpha value is -1.06. The largest absolute Gasteiger partial charge is 0.340 e. The van der Waals surface area contributed by atoms with Gasteiger partial charge in [-0.3, -0.25) is 9.69 Å². The number of amides is 1. The van der Waals surface area contributed by atoms with Crippen molar-refractivity contribution in [1.29, 1.82) is 0 Å². The molecule has 1 aliphatic rings. The van der Waals surface area contributed by atoms with Crippen LogP contribution in [0.3, 0.4) is 0 Å². The highest BCUT2D eigenvalue weighted by Gasteiger charge is 2.20. The maximum Gasteiger partial charge on any atom is 0.222 e. The Morgan fingerprint density at radius 2 is 1.79 bits per heavy atom. The highest BCUT2D eigenvalue weighted by Crippen LogP contribution is 2.09. The Balaban J connectivity index is 1.75. The van der Waals surface area contributed by atoms with Gasteiger partial charge in [-0.2, -0.15) is 0 Å². The molecule has 0 spiro atoms. The monoisotopic (exact) mass is 280 g/mol. The number of nitrogens with zero attached hydrogens (tertiary/aromatic N) is 2. The maximum absolute atomic E-state index is 11.9. The van der Waals surface area contributed by atoms with Gasteiger partial charge in [-0.25, -0.2) is 0 Å². The first-order valence-corrected chi connectivity index (χ1v) is 7.43. The molecule has 1 heterocycles. The predicted octanol–water partition coefficient (Wildman–Crippen LogP) is 2.35. The van der Waals surface area contributed by atoms with E-state index < -0.39 is 0 Å². The lowest BCUT2D eigenvalue weighted by Gasteiger charge is -2.34. The molecule has 0 radical (unpaired) electrons. The fourth-order valence-corrected chi connectivity index (χ4v) is 2.51. The predicted molar refractivity (Wildman–Crippen MR) is 78.3 cm³/mol. The Morgan fingerprint density at radius 3 is 2.42 bits per heavy atom. The summed E-state index contributed by atoms with van der Waals surface area (Å²) in [6.07, 6.45) is 1.37. The van der Waals surface area contributed by atoms with Crippen molar-refractivity contribution < 1.29 is 4.79 Å². The number of piperazine rings is 1. The van der Waals surface area contributed by atoms with Crippen LogP contribution in [0.1, 0.15) is 18.4 Å². The van der Waals surface area contributed by atoms with E-state index in [2.05, 4.69) is 29.2 Å². The van der Waals surface area contributed by atoms with Crippen molar-refractivity contribution in [2.24, 2.45) is 0 Å². The molecule has 104 valence electrons. The zero-order valence-corrected chi connectivity index (χ0v) is 12.0. The van der Waals surface area contributed by atoms with Gasteiger partial charge in [0, 0.05) is 45.0 Å². The number of carbonyl (C=O) groups excluding carboxylic acids is 1. The van der Waals surface area contributed by atoms with Crippen LogP contribution in [0.4, 0.5) is 0 Å². The van der Waals surface area contributed by atoms with Crippen LogP contribution >= 0.6 is 11.6 Å². The second-order valence-corrected chi connectivity index (χ2v) is 5.31. The third-order valence-corrected chi connectivity index (χ3v) is 3.77. The Labute approximate surface area is 120 Å². The van der Waals surface area contributed by atoms with E-state index in [1.54, 1.807) is 0 Å². The van der Waals surface area contributed by atoms with Gasteiger partial charge in [0.1, 0.15) is 0 Å².